The molecule has 0 unspecified atom stereocenters. The maximum absolute atomic E-state index is 12.5. The maximum Gasteiger partial charge on any atom is 0.217 e. The molecule has 1 fully saturated rings. The summed E-state index contributed by atoms with van der Waals surface area (Å²) in [6.45, 7) is 5.76. The minimum absolute atomic E-state index is 0.140. The van der Waals surface area contributed by atoms with Crippen LogP contribution in [0.25, 0.3) is 0 Å². The van der Waals surface area contributed by atoms with E-state index < -0.39 is 0 Å². The second kappa shape index (κ2) is 5.23. The lowest BCUT2D eigenvalue weighted by molar-refractivity contribution is 0.0954. The van der Waals surface area contributed by atoms with Gasteiger partial charge in [-0.3, -0.25) is 4.79 Å². The van der Waals surface area contributed by atoms with Crippen LogP contribution in [-0.4, -0.2) is 35.2 Å². The lowest BCUT2D eigenvalue weighted by Crippen LogP contribution is -2.47. The highest BCUT2D eigenvalue weighted by atomic mass is 32.2. The molecule has 0 amide bonds. The molecule has 2 nitrogen and oxygen atoms in total. The van der Waals surface area contributed by atoms with Crippen LogP contribution in [0.3, 0.4) is 0 Å². The molecule has 1 aliphatic rings. The lowest BCUT2D eigenvalue weighted by atomic mass is 10.0. The van der Waals surface area contributed by atoms with Gasteiger partial charge in [-0.05, 0) is 13.8 Å². The van der Waals surface area contributed by atoms with Gasteiger partial charge in [-0.25, -0.2) is 0 Å². The zero-order valence-corrected chi connectivity index (χ0v) is 11.3. The smallest absolute Gasteiger partial charge is 0.217 e. The highest BCUT2D eigenvalue weighted by Crippen LogP contribution is 2.26. The Labute approximate surface area is 106 Å². The Morgan fingerprint density at radius 2 is 1.76 bits per heavy atom. The maximum atomic E-state index is 12.5. The van der Waals surface area contributed by atoms with E-state index in [1.807, 2.05) is 30.3 Å². The van der Waals surface area contributed by atoms with Gasteiger partial charge in [0.25, 0.3) is 0 Å². The summed E-state index contributed by atoms with van der Waals surface area (Å²) in [7, 11) is 0.140. The Kier molecular flexibility index (Phi) is 3.89. The van der Waals surface area contributed by atoms with Crippen molar-refractivity contribution in [3.05, 3.63) is 35.9 Å². The van der Waals surface area contributed by atoms with E-state index in [4.69, 9.17) is 4.74 Å². The van der Waals surface area contributed by atoms with Crippen molar-refractivity contribution in [2.45, 2.75) is 18.6 Å². The van der Waals surface area contributed by atoms with E-state index >= 15 is 0 Å². The van der Waals surface area contributed by atoms with Gasteiger partial charge in [0.15, 0.2) is 4.75 Å². The van der Waals surface area contributed by atoms with E-state index in [0.717, 1.165) is 30.3 Å². The number of benzene rings is 1. The number of ketones is 1. The predicted molar refractivity (Wildman–Crippen MR) is 72.8 cm³/mol. The lowest BCUT2D eigenvalue weighted by Gasteiger charge is -2.27. The zero-order chi connectivity index (χ0) is 12.3. The second-order valence-electron chi connectivity index (χ2n) is 4.72. The van der Waals surface area contributed by atoms with Crippen molar-refractivity contribution < 1.29 is 9.53 Å². The van der Waals surface area contributed by atoms with Gasteiger partial charge in [0.2, 0.25) is 5.78 Å². The van der Waals surface area contributed by atoms with Crippen molar-refractivity contribution in [1.82, 2.24) is 0 Å². The second-order valence-corrected chi connectivity index (χ2v) is 7.54. The van der Waals surface area contributed by atoms with Gasteiger partial charge in [0.05, 0.1) is 13.2 Å². The van der Waals surface area contributed by atoms with Crippen LogP contribution in [0, 0.1) is 0 Å². The quantitative estimate of drug-likeness (QED) is 0.608. The van der Waals surface area contributed by atoms with Gasteiger partial charge < -0.3 is 4.74 Å². The molecule has 17 heavy (non-hydrogen) atoms. The van der Waals surface area contributed by atoms with Crippen LogP contribution in [0.15, 0.2) is 30.3 Å². The topological polar surface area (TPSA) is 26.3 Å². The first-order chi connectivity index (χ1) is 8.12. The van der Waals surface area contributed by atoms with Crippen molar-refractivity contribution in [2.75, 3.05) is 24.7 Å². The normalized spacial score (nSPS) is 18.0. The fraction of sp³-hybridized carbons (Fsp3) is 0.500. The van der Waals surface area contributed by atoms with E-state index in [-0.39, 0.29) is 21.4 Å². The van der Waals surface area contributed by atoms with Crippen molar-refractivity contribution in [1.29, 1.82) is 0 Å². The Hall–Kier alpha value is -0.800. The molecule has 0 bridgehead atoms. The Balaban J connectivity index is 2.17. The summed E-state index contributed by atoms with van der Waals surface area (Å²) in [5, 5.41) is 0. The van der Waals surface area contributed by atoms with Crippen molar-refractivity contribution in [3.63, 3.8) is 0 Å². The van der Waals surface area contributed by atoms with Crippen molar-refractivity contribution in [3.8, 4) is 0 Å². The molecule has 0 aliphatic carbocycles. The SMILES string of the molecule is CC(C)(C(=O)c1ccccc1)[S+]1CCOCC1. The molecule has 0 spiro atoms. The van der Waals surface area contributed by atoms with Gasteiger partial charge in [-0.15, -0.1) is 0 Å². The Bertz CT molecular complexity index is 380. The summed E-state index contributed by atoms with van der Waals surface area (Å²) >= 11 is 0. The zero-order valence-electron chi connectivity index (χ0n) is 10.4. The van der Waals surface area contributed by atoms with Crippen LogP contribution < -0.4 is 0 Å². The fourth-order valence-electron chi connectivity index (χ4n) is 2.10. The minimum Gasteiger partial charge on any atom is -0.372 e. The number of ether oxygens (including phenoxy) is 1. The summed E-state index contributed by atoms with van der Waals surface area (Å²) in [4.78, 5) is 12.5. The average molecular weight is 251 g/mol. The highest BCUT2D eigenvalue weighted by molar-refractivity contribution is 7.99. The number of rotatable bonds is 3. The predicted octanol–water partition coefficient (Wildman–Crippen LogP) is 2.30. The van der Waals surface area contributed by atoms with E-state index in [1.54, 1.807) is 0 Å². The summed E-state index contributed by atoms with van der Waals surface area (Å²) in [5.41, 5.74) is 0.830. The molecule has 1 aromatic rings. The first-order valence-corrected chi connectivity index (χ1v) is 7.54. The van der Waals surface area contributed by atoms with Crippen LogP contribution >= 0.6 is 0 Å². The molecule has 1 aromatic carbocycles. The minimum atomic E-state index is -0.259. The van der Waals surface area contributed by atoms with Crippen molar-refractivity contribution in [2.24, 2.45) is 0 Å². The number of hydrogen-bond donors (Lipinski definition) is 0. The van der Waals surface area contributed by atoms with E-state index in [2.05, 4.69) is 13.8 Å². The molecule has 0 aromatic heterocycles. The molecular weight excluding hydrogens is 232 g/mol. The number of hydrogen-bond acceptors (Lipinski definition) is 2. The molecule has 1 heterocycles. The van der Waals surface area contributed by atoms with Gasteiger partial charge in [0.1, 0.15) is 11.5 Å². The first-order valence-electron chi connectivity index (χ1n) is 5.97. The van der Waals surface area contributed by atoms with E-state index in [0.29, 0.717) is 0 Å². The average Bonchev–Trinajstić information content (AvgIpc) is 2.40. The third kappa shape index (κ3) is 2.72. The van der Waals surface area contributed by atoms with Crippen molar-refractivity contribution >= 4 is 16.7 Å². The molecule has 0 saturated carbocycles. The standard InChI is InChI=1S/C14H19O2S/c1-14(2,17-10-8-16-9-11-17)13(15)12-6-4-3-5-7-12/h3-7H,8-11H2,1-2H3/q+1. The van der Waals surface area contributed by atoms with Gasteiger partial charge >= 0.3 is 0 Å². The third-order valence-electron chi connectivity index (χ3n) is 3.25. The number of carbonyl (C=O) groups is 1. The van der Waals surface area contributed by atoms with Gasteiger partial charge in [0, 0.05) is 16.5 Å². The van der Waals surface area contributed by atoms with Crippen LogP contribution in [0.4, 0.5) is 0 Å². The van der Waals surface area contributed by atoms with Crippen LogP contribution in [-0.2, 0) is 15.6 Å². The van der Waals surface area contributed by atoms with Crippen LogP contribution in [0.2, 0.25) is 0 Å². The van der Waals surface area contributed by atoms with Gasteiger partial charge in [-0.2, -0.15) is 0 Å². The van der Waals surface area contributed by atoms with E-state index in [1.165, 1.54) is 0 Å². The Morgan fingerprint density at radius 3 is 2.35 bits per heavy atom. The molecule has 1 saturated heterocycles. The molecule has 2 rings (SSSR count). The van der Waals surface area contributed by atoms with E-state index in [9.17, 15) is 4.79 Å². The summed E-state index contributed by atoms with van der Waals surface area (Å²) in [6, 6.07) is 9.62. The van der Waals surface area contributed by atoms with Crippen LogP contribution in [0.5, 0.6) is 0 Å². The fourth-order valence-corrected chi connectivity index (χ4v) is 4.34. The summed E-state index contributed by atoms with van der Waals surface area (Å²) in [5.74, 6) is 2.31. The molecule has 92 valence electrons. The molecule has 0 N–H and O–H groups in total. The molecule has 1 aliphatic heterocycles. The monoisotopic (exact) mass is 251 g/mol. The highest BCUT2D eigenvalue weighted by Gasteiger charge is 2.46. The molecule has 0 atom stereocenters. The first kappa shape index (κ1) is 12.7. The van der Waals surface area contributed by atoms with Gasteiger partial charge in [-0.1, -0.05) is 30.3 Å². The molecule has 3 heteroatoms. The number of Topliss-reactive ketones (excluding diaryl/α,β-unsaturated/α-hetero) is 1. The number of carbonyl (C=O) groups excluding carboxylic acids is 1. The molecule has 0 radical (unpaired) electrons. The van der Waals surface area contributed by atoms with Crippen LogP contribution in [0.1, 0.15) is 24.2 Å². The third-order valence-corrected chi connectivity index (χ3v) is 6.20. The Morgan fingerprint density at radius 1 is 1.18 bits per heavy atom. The summed E-state index contributed by atoms with van der Waals surface area (Å²) in [6.07, 6.45) is 0. The largest absolute Gasteiger partial charge is 0.372 e. The summed E-state index contributed by atoms with van der Waals surface area (Å²) < 4.78 is 5.12. The molecular formula is C14H19O2S+.